The monoisotopic (exact) mass is 260 g/mol. The third-order valence-electron chi connectivity index (χ3n) is 2.59. The number of hydrogen-bond donors (Lipinski definition) is 2. The van der Waals surface area contributed by atoms with E-state index >= 15 is 0 Å². The van der Waals surface area contributed by atoms with Crippen LogP contribution in [0.2, 0.25) is 0 Å². The number of carbonyl (C=O) groups is 1. The summed E-state index contributed by atoms with van der Waals surface area (Å²) in [6, 6.07) is 8.08. The number of aliphatic carboxylic acids is 1. The second-order valence-electron chi connectivity index (χ2n) is 4.10. The first-order valence-electron chi connectivity index (χ1n) is 5.78. The second kappa shape index (κ2) is 5.95. The highest BCUT2D eigenvalue weighted by atomic mass is 19.1. The minimum atomic E-state index is -0.976. The fourth-order valence-electron chi connectivity index (χ4n) is 1.69. The number of hydrogen-bond acceptors (Lipinski definition) is 3. The van der Waals surface area contributed by atoms with Crippen molar-refractivity contribution in [3.05, 3.63) is 59.7 Å². The Hall–Kier alpha value is -2.43. The molecule has 1 heterocycles. The number of nitrogens with one attached hydrogen (secondary N) is 1. The quantitative estimate of drug-likeness (QED) is 0.866. The van der Waals surface area contributed by atoms with Gasteiger partial charge in [0.25, 0.3) is 0 Å². The van der Waals surface area contributed by atoms with Crippen LogP contribution in [-0.2, 0) is 17.8 Å². The fourth-order valence-corrected chi connectivity index (χ4v) is 1.69. The lowest BCUT2D eigenvalue weighted by molar-refractivity contribution is -0.136. The highest BCUT2D eigenvalue weighted by molar-refractivity contribution is 5.70. The van der Waals surface area contributed by atoms with Gasteiger partial charge in [0.05, 0.1) is 12.1 Å². The van der Waals surface area contributed by atoms with E-state index in [1.807, 2.05) is 12.1 Å². The normalized spacial score (nSPS) is 10.2. The molecule has 2 rings (SSSR count). The van der Waals surface area contributed by atoms with E-state index in [1.54, 1.807) is 24.5 Å². The summed E-state index contributed by atoms with van der Waals surface area (Å²) in [4.78, 5) is 14.5. The van der Waals surface area contributed by atoms with E-state index in [1.165, 1.54) is 6.07 Å². The summed E-state index contributed by atoms with van der Waals surface area (Å²) in [7, 11) is 0. The van der Waals surface area contributed by atoms with Crippen molar-refractivity contribution in [1.29, 1.82) is 0 Å². The molecule has 98 valence electrons. The van der Waals surface area contributed by atoms with Crippen molar-refractivity contribution in [2.45, 2.75) is 13.0 Å². The van der Waals surface area contributed by atoms with Crippen LogP contribution >= 0.6 is 0 Å². The molecule has 0 aliphatic carbocycles. The average Bonchev–Trinajstić information content (AvgIpc) is 2.38. The summed E-state index contributed by atoms with van der Waals surface area (Å²) < 4.78 is 13.7. The van der Waals surface area contributed by atoms with Gasteiger partial charge in [-0.1, -0.05) is 12.1 Å². The number of nitrogens with zero attached hydrogens (tertiary/aromatic N) is 1. The zero-order valence-electron chi connectivity index (χ0n) is 10.1. The predicted molar refractivity (Wildman–Crippen MR) is 69.3 cm³/mol. The Kier molecular flexibility index (Phi) is 4.07. The second-order valence-corrected chi connectivity index (χ2v) is 4.10. The highest BCUT2D eigenvalue weighted by Crippen LogP contribution is 2.17. The van der Waals surface area contributed by atoms with Crippen LogP contribution < -0.4 is 5.32 Å². The molecule has 0 saturated heterocycles. The van der Waals surface area contributed by atoms with Gasteiger partial charge in [-0.25, -0.2) is 4.39 Å². The van der Waals surface area contributed by atoms with E-state index < -0.39 is 11.8 Å². The molecule has 0 radical (unpaired) electrons. The maximum Gasteiger partial charge on any atom is 0.307 e. The minimum absolute atomic E-state index is 0.181. The van der Waals surface area contributed by atoms with Gasteiger partial charge >= 0.3 is 5.97 Å². The number of rotatable bonds is 5. The molecule has 5 heteroatoms. The Labute approximate surface area is 109 Å². The van der Waals surface area contributed by atoms with E-state index in [4.69, 9.17) is 5.11 Å². The zero-order valence-corrected chi connectivity index (χ0v) is 10.1. The smallest absolute Gasteiger partial charge is 0.307 e. The molecule has 2 aromatic rings. The van der Waals surface area contributed by atoms with E-state index in [0.29, 0.717) is 17.8 Å². The molecule has 0 saturated carbocycles. The number of aromatic nitrogens is 1. The predicted octanol–water partition coefficient (Wildman–Crippen LogP) is 2.46. The van der Waals surface area contributed by atoms with Gasteiger partial charge in [0.15, 0.2) is 0 Å². The van der Waals surface area contributed by atoms with Crippen LogP contribution in [0, 0.1) is 5.82 Å². The Balaban J connectivity index is 2.03. The molecule has 1 aromatic heterocycles. The number of anilines is 1. The summed E-state index contributed by atoms with van der Waals surface area (Å²) in [5, 5.41) is 11.6. The van der Waals surface area contributed by atoms with Crippen LogP contribution in [0.15, 0.2) is 42.7 Å². The van der Waals surface area contributed by atoms with Gasteiger partial charge in [0.2, 0.25) is 0 Å². The molecule has 0 bridgehead atoms. The van der Waals surface area contributed by atoms with E-state index in [0.717, 1.165) is 5.56 Å². The maximum absolute atomic E-state index is 13.7. The molecular weight excluding hydrogens is 247 g/mol. The van der Waals surface area contributed by atoms with Gasteiger partial charge in [0, 0.05) is 18.9 Å². The van der Waals surface area contributed by atoms with Crippen molar-refractivity contribution < 1.29 is 14.3 Å². The third kappa shape index (κ3) is 3.77. The largest absolute Gasteiger partial charge is 0.481 e. The number of carboxylic acid groups (broad SMARTS) is 1. The van der Waals surface area contributed by atoms with Crippen LogP contribution in [0.4, 0.5) is 10.1 Å². The van der Waals surface area contributed by atoms with Gasteiger partial charge in [-0.2, -0.15) is 0 Å². The van der Waals surface area contributed by atoms with Gasteiger partial charge in [-0.05, 0) is 29.3 Å². The van der Waals surface area contributed by atoms with Crippen LogP contribution in [-0.4, -0.2) is 16.1 Å². The molecule has 0 aliphatic heterocycles. The van der Waals surface area contributed by atoms with Crippen LogP contribution in [0.5, 0.6) is 0 Å². The van der Waals surface area contributed by atoms with Crippen LogP contribution in [0.3, 0.4) is 0 Å². The van der Waals surface area contributed by atoms with Gasteiger partial charge in [-0.15, -0.1) is 0 Å². The molecule has 0 spiro atoms. The summed E-state index contributed by atoms with van der Waals surface area (Å²) in [6.07, 6.45) is 3.19. The van der Waals surface area contributed by atoms with Crippen LogP contribution in [0.25, 0.3) is 0 Å². The zero-order chi connectivity index (χ0) is 13.7. The number of benzene rings is 1. The molecule has 4 nitrogen and oxygen atoms in total. The Morgan fingerprint density at radius 3 is 2.79 bits per heavy atom. The molecular formula is C14H13FN2O2. The first-order valence-corrected chi connectivity index (χ1v) is 5.78. The van der Waals surface area contributed by atoms with E-state index in [9.17, 15) is 9.18 Å². The highest BCUT2D eigenvalue weighted by Gasteiger charge is 2.06. The summed E-state index contributed by atoms with van der Waals surface area (Å²) in [6.45, 7) is 0.461. The molecule has 1 aromatic carbocycles. The first kappa shape index (κ1) is 13.0. The topological polar surface area (TPSA) is 62.2 Å². The third-order valence-corrected chi connectivity index (χ3v) is 2.59. The van der Waals surface area contributed by atoms with Gasteiger partial charge in [-0.3, -0.25) is 9.78 Å². The van der Waals surface area contributed by atoms with Crippen molar-refractivity contribution in [3.8, 4) is 0 Å². The Morgan fingerprint density at radius 1 is 1.32 bits per heavy atom. The Bertz CT molecular complexity index is 573. The van der Waals surface area contributed by atoms with E-state index in [2.05, 4.69) is 10.3 Å². The molecule has 0 amide bonds. The molecule has 0 aliphatic rings. The number of carboxylic acids is 1. The van der Waals surface area contributed by atoms with E-state index in [-0.39, 0.29) is 6.42 Å². The molecule has 0 fully saturated rings. The maximum atomic E-state index is 13.7. The standard InChI is InChI=1S/C14H13FN2O2/c15-12-6-10(7-14(18)19)3-4-13(12)17-9-11-2-1-5-16-8-11/h1-6,8,17H,7,9H2,(H,18,19). The van der Waals surface area contributed by atoms with Gasteiger partial charge in [0.1, 0.15) is 5.82 Å². The van der Waals surface area contributed by atoms with Crippen molar-refractivity contribution >= 4 is 11.7 Å². The lowest BCUT2D eigenvalue weighted by Crippen LogP contribution is -2.04. The van der Waals surface area contributed by atoms with Crippen molar-refractivity contribution in [2.75, 3.05) is 5.32 Å². The summed E-state index contributed by atoms with van der Waals surface area (Å²) in [5.41, 5.74) is 1.73. The number of pyridine rings is 1. The van der Waals surface area contributed by atoms with Crippen molar-refractivity contribution in [3.63, 3.8) is 0 Å². The van der Waals surface area contributed by atoms with Crippen molar-refractivity contribution in [2.24, 2.45) is 0 Å². The summed E-state index contributed by atoms with van der Waals surface area (Å²) >= 11 is 0. The average molecular weight is 260 g/mol. The lowest BCUT2D eigenvalue weighted by atomic mass is 10.1. The fraction of sp³-hybridized carbons (Fsp3) is 0.143. The molecule has 0 atom stereocenters. The first-order chi connectivity index (χ1) is 9.15. The van der Waals surface area contributed by atoms with Crippen LogP contribution in [0.1, 0.15) is 11.1 Å². The molecule has 2 N–H and O–H groups in total. The lowest BCUT2D eigenvalue weighted by Gasteiger charge is -2.08. The van der Waals surface area contributed by atoms with Crippen molar-refractivity contribution in [1.82, 2.24) is 4.98 Å². The summed E-state index contributed by atoms with van der Waals surface area (Å²) in [5.74, 6) is -1.43. The minimum Gasteiger partial charge on any atom is -0.481 e. The number of halogens is 1. The van der Waals surface area contributed by atoms with Gasteiger partial charge < -0.3 is 10.4 Å². The Morgan fingerprint density at radius 2 is 2.16 bits per heavy atom. The molecule has 19 heavy (non-hydrogen) atoms. The molecule has 0 unspecified atom stereocenters. The SMILES string of the molecule is O=C(O)Cc1ccc(NCc2cccnc2)c(F)c1.